The van der Waals surface area contributed by atoms with Crippen molar-refractivity contribution in [3.05, 3.63) is 85.1 Å². The third kappa shape index (κ3) is 59.3. The number of hydrogen-bond donors (Lipinski definition) is 2. The maximum atomic E-state index is 13.0. The van der Waals surface area contributed by atoms with E-state index in [1.165, 1.54) is 96.3 Å². The predicted octanol–water partition coefficient (Wildman–Crippen LogP) is 19.8. The van der Waals surface area contributed by atoms with E-state index < -0.39 is 57.8 Å². The van der Waals surface area contributed by atoms with Crippen LogP contribution in [0.1, 0.15) is 290 Å². The molecule has 462 valence electrons. The molecule has 0 radical (unpaired) electrons. The zero-order valence-electron chi connectivity index (χ0n) is 51.3. The molecule has 0 bridgehead atoms. The van der Waals surface area contributed by atoms with Crippen LogP contribution in [0.15, 0.2) is 85.1 Å². The fraction of sp³-hybridized carbons (Fsp3) is 0.750. The highest BCUT2D eigenvalue weighted by molar-refractivity contribution is 7.47. The van der Waals surface area contributed by atoms with Gasteiger partial charge in [-0.15, -0.1) is 0 Å². The summed E-state index contributed by atoms with van der Waals surface area (Å²) in [5.41, 5.74) is 0. The number of ether oxygens (including phenoxy) is 3. The van der Waals surface area contributed by atoms with Crippen molar-refractivity contribution in [2.24, 2.45) is 0 Å². The van der Waals surface area contributed by atoms with Crippen LogP contribution < -0.4 is 0 Å². The van der Waals surface area contributed by atoms with E-state index in [9.17, 15) is 28.9 Å². The molecule has 0 spiro atoms. The van der Waals surface area contributed by atoms with Gasteiger partial charge in [0.25, 0.3) is 0 Å². The molecule has 80 heavy (non-hydrogen) atoms. The smallest absolute Gasteiger partial charge is 0.462 e. The van der Waals surface area contributed by atoms with Crippen LogP contribution in [0.5, 0.6) is 0 Å². The first-order valence-corrected chi connectivity index (χ1v) is 34.0. The largest absolute Gasteiger partial charge is 0.472 e. The van der Waals surface area contributed by atoms with Crippen molar-refractivity contribution in [3.8, 4) is 0 Å². The van der Waals surface area contributed by atoms with E-state index >= 15 is 0 Å². The molecule has 11 nitrogen and oxygen atoms in total. The molecule has 2 N–H and O–H groups in total. The van der Waals surface area contributed by atoms with Gasteiger partial charge in [-0.3, -0.25) is 23.4 Å². The second-order valence-electron chi connectivity index (χ2n) is 21.5. The molecule has 0 aliphatic carbocycles. The molecule has 3 unspecified atom stereocenters. The van der Waals surface area contributed by atoms with Crippen LogP contribution >= 0.6 is 7.82 Å². The van der Waals surface area contributed by atoms with Gasteiger partial charge in [0.15, 0.2) is 6.10 Å². The van der Waals surface area contributed by atoms with Crippen LogP contribution in [0.25, 0.3) is 0 Å². The van der Waals surface area contributed by atoms with Gasteiger partial charge in [0, 0.05) is 19.3 Å². The lowest BCUT2D eigenvalue weighted by Gasteiger charge is -2.21. The Kier molecular flexibility index (Phi) is 59.1. The lowest BCUT2D eigenvalue weighted by atomic mass is 10.0. The molecule has 0 heterocycles. The number of hydrogen-bond acceptors (Lipinski definition) is 10. The minimum Gasteiger partial charge on any atom is -0.462 e. The van der Waals surface area contributed by atoms with E-state index in [0.717, 1.165) is 135 Å². The second kappa shape index (κ2) is 61.7. The summed E-state index contributed by atoms with van der Waals surface area (Å²) in [4.78, 5) is 48.8. The summed E-state index contributed by atoms with van der Waals surface area (Å²) in [6.07, 6.45) is 72.5. The van der Waals surface area contributed by atoms with E-state index in [0.29, 0.717) is 19.3 Å². The number of allylic oxidation sites excluding steroid dienone is 14. The third-order valence-electron chi connectivity index (χ3n) is 13.8. The molecular weight excluding hydrogens is 1020 g/mol. The Morgan fingerprint density at radius 1 is 0.362 bits per heavy atom. The maximum absolute atomic E-state index is 13.0. The number of phosphoric acid groups is 1. The Hall–Kier alpha value is -3.34. The van der Waals surface area contributed by atoms with Crippen LogP contribution in [0.3, 0.4) is 0 Å². The number of aliphatic hydroxyl groups excluding tert-OH is 1. The Morgan fingerprint density at radius 3 is 1.00 bits per heavy atom. The van der Waals surface area contributed by atoms with Crippen molar-refractivity contribution < 1.29 is 52.2 Å². The molecular formula is C68H119O11P. The molecule has 12 heteroatoms. The number of carbonyl (C=O) groups is 3. The lowest BCUT2D eigenvalue weighted by Crippen LogP contribution is -2.30. The fourth-order valence-corrected chi connectivity index (χ4v) is 9.74. The number of carbonyl (C=O) groups excluding carboxylic acids is 3. The third-order valence-corrected chi connectivity index (χ3v) is 14.8. The Balaban J connectivity index is 4.69. The van der Waals surface area contributed by atoms with Crippen LogP contribution in [0, 0.1) is 0 Å². The lowest BCUT2D eigenvalue weighted by molar-refractivity contribution is -0.161. The van der Waals surface area contributed by atoms with Crippen molar-refractivity contribution in [1.82, 2.24) is 0 Å². The number of unbranched alkanes of at least 4 members (excludes halogenated alkanes) is 29. The number of rotatable bonds is 60. The number of esters is 3. The van der Waals surface area contributed by atoms with E-state index in [2.05, 4.69) is 106 Å². The molecule has 0 aliphatic rings. The Morgan fingerprint density at radius 2 is 0.650 bits per heavy atom. The average molecular weight is 1140 g/mol. The average Bonchev–Trinajstić information content (AvgIpc) is 3.45. The van der Waals surface area contributed by atoms with E-state index in [-0.39, 0.29) is 25.9 Å². The van der Waals surface area contributed by atoms with E-state index in [1.54, 1.807) is 0 Å². The van der Waals surface area contributed by atoms with Gasteiger partial charge in [0.05, 0.1) is 19.8 Å². The molecule has 3 atom stereocenters. The summed E-state index contributed by atoms with van der Waals surface area (Å²) in [6, 6.07) is 0. The van der Waals surface area contributed by atoms with Gasteiger partial charge in [0.1, 0.15) is 12.7 Å². The SMILES string of the molecule is CC/C=C\C/C=C\C/C=C\C/C=C\CCCCCCCCC(=O)OC(COC(=O)CCCCCCC/C=C\C/C=C\C/C=C\CC)COP(=O)(O)OCC(CO)OC(=O)CCCCCCCCCCCCCCCCCCCCC. The first-order valence-electron chi connectivity index (χ1n) is 32.5. The van der Waals surface area contributed by atoms with Crippen molar-refractivity contribution in [3.63, 3.8) is 0 Å². The molecule has 0 rings (SSSR count). The summed E-state index contributed by atoms with van der Waals surface area (Å²) in [7, 11) is -4.76. The fourth-order valence-electron chi connectivity index (χ4n) is 8.95. The van der Waals surface area contributed by atoms with Gasteiger partial charge in [-0.1, -0.05) is 266 Å². The maximum Gasteiger partial charge on any atom is 0.472 e. The highest BCUT2D eigenvalue weighted by atomic mass is 31.2. The van der Waals surface area contributed by atoms with Gasteiger partial charge in [-0.25, -0.2) is 4.57 Å². The Labute approximate surface area is 490 Å². The molecule has 0 aromatic heterocycles. The monoisotopic (exact) mass is 1140 g/mol. The zero-order chi connectivity index (χ0) is 58.3. The van der Waals surface area contributed by atoms with Gasteiger partial charge < -0.3 is 24.2 Å². The van der Waals surface area contributed by atoms with Crippen LogP contribution in [-0.2, 0) is 42.2 Å². The molecule has 0 amide bonds. The predicted molar refractivity (Wildman–Crippen MR) is 334 cm³/mol. The number of phosphoric ester groups is 1. The summed E-state index contributed by atoms with van der Waals surface area (Å²) >= 11 is 0. The molecule has 0 aromatic rings. The van der Waals surface area contributed by atoms with Crippen LogP contribution in [-0.4, -0.2) is 66.5 Å². The van der Waals surface area contributed by atoms with Gasteiger partial charge in [0.2, 0.25) is 0 Å². The first-order chi connectivity index (χ1) is 39.2. The molecule has 0 aromatic carbocycles. The summed E-state index contributed by atoms with van der Waals surface area (Å²) in [6.45, 7) is 4.43. The molecule has 0 fully saturated rings. The summed E-state index contributed by atoms with van der Waals surface area (Å²) < 4.78 is 39.7. The highest BCUT2D eigenvalue weighted by Gasteiger charge is 2.28. The Bertz CT molecular complexity index is 1670. The first kappa shape index (κ1) is 76.7. The highest BCUT2D eigenvalue weighted by Crippen LogP contribution is 2.43. The van der Waals surface area contributed by atoms with Crippen molar-refractivity contribution in [2.45, 2.75) is 303 Å². The van der Waals surface area contributed by atoms with Crippen molar-refractivity contribution in [1.29, 1.82) is 0 Å². The minimum absolute atomic E-state index is 0.145. The zero-order valence-corrected chi connectivity index (χ0v) is 52.2. The van der Waals surface area contributed by atoms with Gasteiger partial charge >= 0.3 is 25.7 Å². The van der Waals surface area contributed by atoms with E-state index in [4.69, 9.17) is 23.3 Å². The van der Waals surface area contributed by atoms with Gasteiger partial charge in [-0.05, 0) is 89.9 Å². The van der Waals surface area contributed by atoms with Gasteiger partial charge in [-0.2, -0.15) is 0 Å². The quantitative estimate of drug-likeness (QED) is 0.0197. The topological polar surface area (TPSA) is 155 Å². The standard InChI is InChI=1S/C68H119O11P/c1-4-7-10-13-16-19-22-25-28-30-32-34-37-40-43-46-49-52-55-58-67(71)78-64(60-69)62-76-80(73,74)77-63-65(61-75-66(70)57-54-51-48-45-42-39-36-27-24-21-18-15-12-9-6-3)79-68(72)59-56-53-50-47-44-41-38-35-33-31-29-26-23-20-17-14-11-8-5-2/h8-9,11-12,17-18,20-21,26-27,29,33,35-36,64-65,69H,4-7,10,13-16,19,22-25,28,30-32,34,37-63H2,1-3H3,(H,73,74)/b11-8-,12-9-,20-17-,21-18-,29-26-,35-33-,36-27-. The molecule has 0 saturated heterocycles. The van der Waals surface area contributed by atoms with Crippen LogP contribution in [0.4, 0.5) is 0 Å². The minimum atomic E-state index is -4.76. The van der Waals surface area contributed by atoms with Crippen molar-refractivity contribution >= 4 is 25.7 Å². The number of aliphatic hydroxyl groups is 1. The second-order valence-corrected chi connectivity index (χ2v) is 23.0. The summed E-state index contributed by atoms with van der Waals surface area (Å²) in [5.74, 6) is -1.49. The van der Waals surface area contributed by atoms with E-state index in [1.807, 2.05) is 0 Å². The van der Waals surface area contributed by atoms with Crippen molar-refractivity contribution in [2.75, 3.05) is 26.4 Å². The summed E-state index contributed by atoms with van der Waals surface area (Å²) in [5, 5.41) is 9.86. The van der Waals surface area contributed by atoms with Crippen LogP contribution in [0.2, 0.25) is 0 Å². The normalized spacial score (nSPS) is 13.8. The molecule has 0 saturated carbocycles. The molecule has 0 aliphatic heterocycles.